The summed E-state index contributed by atoms with van der Waals surface area (Å²) in [5.74, 6) is 0.566. The number of nitrogens with one attached hydrogen (secondary N) is 2. The smallest absolute Gasteiger partial charge is 0.407 e. The molecule has 27 heavy (non-hydrogen) atoms. The van der Waals surface area contributed by atoms with E-state index in [9.17, 15) is 9.59 Å². The van der Waals surface area contributed by atoms with Crippen molar-refractivity contribution in [1.29, 1.82) is 0 Å². The molecule has 1 saturated carbocycles. The first-order valence-corrected chi connectivity index (χ1v) is 9.76. The topological polar surface area (TPSA) is 76.7 Å². The van der Waals surface area contributed by atoms with Crippen LogP contribution in [0.4, 0.5) is 9.59 Å². The maximum Gasteiger partial charge on any atom is 0.407 e. The van der Waals surface area contributed by atoms with Crippen LogP contribution in [-0.4, -0.2) is 30.4 Å². The fraction of sp³-hybridized carbons (Fsp3) is 0.619. The van der Waals surface area contributed by atoms with Crippen LogP contribution in [0.5, 0.6) is 0 Å². The number of rotatable bonds is 6. The molecule has 1 aromatic carbocycles. The van der Waals surface area contributed by atoms with E-state index in [1.807, 2.05) is 51.1 Å². The highest BCUT2D eigenvalue weighted by atomic mass is 16.6. The predicted molar refractivity (Wildman–Crippen MR) is 104 cm³/mol. The molecule has 150 valence electrons. The van der Waals surface area contributed by atoms with Crippen molar-refractivity contribution in [2.24, 2.45) is 5.92 Å². The van der Waals surface area contributed by atoms with Crippen LogP contribution in [0.15, 0.2) is 30.3 Å². The first-order valence-electron chi connectivity index (χ1n) is 9.76. The number of ether oxygens (including phenoxy) is 2. The summed E-state index contributed by atoms with van der Waals surface area (Å²) >= 11 is 0. The molecular formula is C21H32N2O4. The fourth-order valence-electron chi connectivity index (χ4n) is 3.22. The molecule has 2 rings (SSSR count). The van der Waals surface area contributed by atoms with Gasteiger partial charge in [-0.25, -0.2) is 9.59 Å². The maximum atomic E-state index is 11.8. The van der Waals surface area contributed by atoms with E-state index >= 15 is 0 Å². The lowest BCUT2D eigenvalue weighted by Crippen LogP contribution is -2.41. The molecule has 1 aromatic rings. The number of hydrogen-bond acceptors (Lipinski definition) is 4. The van der Waals surface area contributed by atoms with E-state index < -0.39 is 5.60 Å². The Kier molecular flexibility index (Phi) is 7.95. The number of benzene rings is 1. The van der Waals surface area contributed by atoms with Crippen LogP contribution in [0, 0.1) is 5.92 Å². The van der Waals surface area contributed by atoms with Gasteiger partial charge in [0.15, 0.2) is 0 Å². The zero-order valence-electron chi connectivity index (χ0n) is 16.6. The average molecular weight is 376 g/mol. The van der Waals surface area contributed by atoms with Crippen LogP contribution in [0.2, 0.25) is 0 Å². The minimum atomic E-state index is -0.470. The molecule has 2 N–H and O–H groups in total. The highest BCUT2D eigenvalue weighted by molar-refractivity contribution is 5.68. The van der Waals surface area contributed by atoms with Crippen molar-refractivity contribution in [2.45, 2.75) is 71.1 Å². The summed E-state index contributed by atoms with van der Waals surface area (Å²) < 4.78 is 10.5. The number of hydrogen-bond donors (Lipinski definition) is 2. The van der Waals surface area contributed by atoms with E-state index in [2.05, 4.69) is 10.6 Å². The van der Waals surface area contributed by atoms with Crippen LogP contribution in [0.1, 0.15) is 58.4 Å². The molecule has 6 heteroatoms. The summed E-state index contributed by atoms with van der Waals surface area (Å²) in [6, 6.07) is 9.81. The summed E-state index contributed by atoms with van der Waals surface area (Å²) in [7, 11) is 0. The third-order valence-corrected chi connectivity index (χ3v) is 4.60. The first-order chi connectivity index (χ1) is 12.8. The van der Waals surface area contributed by atoms with Gasteiger partial charge in [0.05, 0.1) is 0 Å². The first kappa shape index (κ1) is 21.1. The van der Waals surface area contributed by atoms with Gasteiger partial charge >= 0.3 is 12.2 Å². The van der Waals surface area contributed by atoms with Crippen LogP contribution in [0.25, 0.3) is 0 Å². The number of amides is 2. The quantitative estimate of drug-likeness (QED) is 0.772. The Morgan fingerprint density at radius 1 is 1.04 bits per heavy atom. The lowest BCUT2D eigenvalue weighted by atomic mass is 9.84. The van der Waals surface area contributed by atoms with E-state index in [1.54, 1.807) is 0 Å². The van der Waals surface area contributed by atoms with Crippen LogP contribution < -0.4 is 10.6 Å². The van der Waals surface area contributed by atoms with E-state index in [1.165, 1.54) is 0 Å². The molecule has 0 aliphatic heterocycles. The third-order valence-electron chi connectivity index (χ3n) is 4.60. The fourth-order valence-corrected chi connectivity index (χ4v) is 3.22. The van der Waals surface area contributed by atoms with Crippen molar-refractivity contribution < 1.29 is 19.1 Å². The normalized spacial score (nSPS) is 19.8. The molecule has 0 bridgehead atoms. The van der Waals surface area contributed by atoms with Gasteiger partial charge in [-0.15, -0.1) is 0 Å². The molecule has 0 aromatic heterocycles. The van der Waals surface area contributed by atoms with E-state index in [4.69, 9.17) is 9.47 Å². The SMILES string of the molecule is CC(C)(C)OC(=O)NC1CCC(CCNC(=O)OCc2ccccc2)CC1. The van der Waals surface area contributed by atoms with E-state index in [0.717, 1.165) is 37.7 Å². The van der Waals surface area contributed by atoms with Gasteiger partial charge < -0.3 is 20.1 Å². The summed E-state index contributed by atoms with van der Waals surface area (Å²) in [6.45, 7) is 6.49. The Labute approximate surface area is 162 Å². The van der Waals surface area contributed by atoms with Gasteiger partial charge in [0.1, 0.15) is 12.2 Å². The average Bonchev–Trinajstić information content (AvgIpc) is 2.61. The monoisotopic (exact) mass is 376 g/mol. The van der Waals surface area contributed by atoms with Crippen molar-refractivity contribution in [3.05, 3.63) is 35.9 Å². The van der Waals surface area contributed by atoms with Crippen molar-refractivity contribution in [1.82, 2.24) is 10.6 Å². The highest BCUT2D eigenvalue weighted by Gasteiger charge is 2.24. The Morgan fingerprint density at radius 3 is 2.33 bits per heavy atom. The zero-order chi connectivity index (χ0) is 19.7. The minimum Gasteiger partial charge on any atom is -0.445 e. The molecule has 0 radical (unpaired) electrons. The van der Waals surface area contributed by atoms with Gasteiger partial charge in [-0.05, 0) is 64.4 Å². The molecule has 0 saturated heterocycles. The number of carbonyl (C=O) groups excluding carboxylic acids is 2. The standard InChI is InChI=1S/C21H32N2O4/c1-21(2,3)27-20(25)23-18-11-9-16(10-12-18)13-14-22-19(24)26-15-17-7-5-4-6-8-17/h4-8,16,18H,9-15H2,1-3H3,(H,22,24)(H,23,25). The molecule has 1 aliphatic carbocycles. The van der Waals surface area contributed by atoms with Crippen LogP contribution in [-0.2, 0) is 16.1 Å². The summed E-state index contributed by atoms with van der Waals surface area (Å²) in [5, 5.41) is 5.77. The molecule has 0 atom stereocenters. The molecule has 0 unspecified atom stereocenters. The zero-order valence-corrected chi connectivity index (χ0v) is 16.6. The van der Waals surface area contributed by atoms with Crippen LogP contribution in [0.3, 0.4) is 0 Å². The molecular weight excluding hydrogens is 344 g/mol. The summed E-state index contributed by atoms with van der Waals surface area (Å²) in [5.41, 5.74) is 0.505. The Bertz CT molecular complexity index is 590. The van der Waals surface area contributed by atoms with E-state index in [0.29, 0.717) is 12.5 Å². The second kappa shape index (κ2) is 10.2. The maximum absolute atomic E-state index is 11.8. The summed E-state index contributed by atoms with van der Waals surface area (Å²) in [6.07, 6.45) is 4.19. The van der Waals surface area contributed by atoms with Gasteiger partial charge in [0.2, 0.25) is 0 Å². The van der Waals surface area contributed by atoms with Gasteiger partial charge in [-0.1, -0.05) is 30.3 Å². The molecule has 1 fully saturated rings. The summed E-state index contributed by atoms with van der Waals surface area (Å²) in [4.78, 5) is 23.6. The van der Waals surface area contributed by atoms with Gasteiger partial charge in [0, 0.05) is 12.6 Å². The molecule has 2 amide bonds. The minimum absolute atomic E-state index is 0.180. The number of carbonyl (C=O) groups is 2. The van der Waals surface area contributed by atoms with Crippen molar-refractivity contribution in [3.63, 3.8) is 0 Å². The highest BCUT2D eigenvalue weighted by Crippen LogP contribution is 2.26. The molecule has 0 heterocycles. The Hall–Kier alpha value is -2.24. The second-order valence-electron chi connectivity index (χ2n) is 8.14. The Balaban J connectivity index is 1.55. The van der Waals surface area contributed by atoms with Crippen molar-refractivity contribution in [2.75, 3.05) is 6.54 Å². The molecule has 1 aliphatic rings. The molecule has 0 spiro atoms. The van der Waals surface area contributed by atoms with E-state index in [-0.39, 0.29) is 24.8 Å². The Morgan fingerprint density at radius 2 is 1.70 bits per heavy atom. The number of alkyl carbamates (subject to hydrolysis) is 2. The van der Waals surface area contributed by atoms with Crippen molar-refractivity contribution >= 4 is 12.2 Å². The van der Waals surface area contributed by atoms with Gasteiger partial charge in [0.25, 0.3) is 0 Å². The van der Waals surface area contributed by atoms with Crippen molar-refractivity contribution in [3.8, 4) is 0 Å². The lowest BCUT2D eigenvalue weighted by Gasteiger charge is -2.30. The van der Waals surface area contributed by atoms with Gasteiger partial charge in [-0.2, -0.15) is 0 Å². The van der Waals surface area contributed by atoms with Gasteiger partial charge in [-0.3, -0.25) is 0 Å². The second-order valence-corrected chi connectivity index (χ2v) is 8.14. The molecule has 6 nitrogen and oxygen atoms in total. The largest absolute Gasteiger partial charge is 0.445 e. The van der Waals surface area contributed by atoms with Crippen LogP contribution >= 0.6 is 0 Å². The third kappa shape index (κ3) is 8.80. The lowest BCUT2D eigenvalue weighted by molar-refractivity contribution is 0.0486. The predicted octanol–water partition coefficient (Wildman–Crippen LogP) is 4.39.